The first-order valence-corrected chi connectivity index (χ1v) is 10.6. The van der Waals surface area contributed by atoms with Crippen LogP contribution in [0.2, 0.25) is 0 Å². The number of carbonyl (C=O) groups is 2. The lowest BCUT2D eigenvalue weighted by atomic mass is 10.2. The Bertz CT molecular complexity index is 926. The molecule has 2 aromatic rings. The number of thiocarbonyl (C=S) groups is 1. The van der Waals surface area contributed by atoms with Gasteiger partial charge in [-0.05, 0) is 64.5 Å². The summed E-state index contributed by atoms with van der Waals surface area (Å²) >= 11 is 8.62. The Hall–Kier alpha value is -2.53. The van der Waals surface area contributed by atoms with Crippen molar-refractivity contribution in [3.05, 3.63) is 58.1 Å². The maximum absolute atomic E-state index is 12.5. The molecule has 2 rings (SSSR count). The van der Waals surface area contributed by atoms with Crippen LogP contribution in [0.25, 0.3) is 0 Å². The number of rotatable bonds is 10. The predicted molar refractivity (Wildman–Crippen MR) is 126 cm³/mol. The molecule has 2 aromatic carbocycles. The van der Waals surface area contributed by atoms with E-state index in [1.54, 1.807) is 56.7 Å². The van der Waals surface area contributed by atoms with Crippen LogP contribution in [-0.2, 0) is 9.47 Å². The van der Waals surface area contributed by atoms with Gasteiger partial charge in [0.15, 0.2) is 5.11 Å². The number of amides is 2. The van der Waals surface area contributed by atoms with Crippen LogP contribution in [0.3, 0.4) is 0 Å². The number of anilines is 1. The van der Waals surface area contributed by atoms with Gasteiger partial charge < -0.3 is 24.8 Å². The lowest BCUT2D eigenvalue weighted by Gasteiger charge is -2.12. The van der Waals surface area contributed by atoms with Gasteiger partial charge in [0.25, 0.3) is 11.8 Å². The molecular formula is C21H24BrN3O5S. The third-order valence-electron chi connectivity index (χ3n) is 3.94. The number of hydrogen-bond acceptors (Lipinski definition) is 6. The predicted octanol–water partition coefficient (Wildman–Crippen LogP) is 2.98. The Labute approximate surface area is 194 Å². The average molecular weight is 510 g/mol. The van der Waals surface area contributed by atoms with Crippen LogP contribution < -0.4 is 20.7 Å². The molecule has 0 aliphatic heterocycles. The van der Waals surface area contributed by atoms with Crippen molar-refractivity contribution in [3.63, 3.8) is 0 Å². The highest BCUT2D eigenvalue weighted by atomic mass is 79.9. The number of halogens is 1. The van der Waals surface area contributed by atoms with Crippen LogP contribution in [-0.4, -0.2) is 57.5 Å². The molecule has 3 N–H and O–H groups in total. The lowest BCUT2D eigenvalue weighted by Crippen LogP contribution is -2.34. The maximum Gasteiger partial charge on any atom is 0.257 e. The van der Waals surface area contributed by atoms with Gasteiger partial charge in [0.2, 0.25) is 0 Å². The van der Waals surface area contributed by atoms with E-state index in [2.05, 4.69) is 31.9 Å². The fourth-order valence-corrected chi connectivity index (χ4v) is 3.14. The van der Waals surface area contributed by atoms with Crippen LogP contribution in [0, 0.1) is 0 Å². The highest BCUT2D eigenvalue weighted by Crippen LogP contribution is 2.26. The molecule has 0 aliphatic rings. The van der Waals surface area contributed by atoms with Gasteiger partial charge in [-0.15, -0.1) is 0 Å². The van der Waals surface area contributed by atoms with E-state index in [0.717, 1.165) is 0 Å². The molecule has 0 bridgehead atoms. The van der Waals surface area contributed by atoms with Gasteiger partial charge in [-0.2, -0.15) is 0 Å². The van der Waals surface area contributed by atoms with E-state index in [1.807, 2.05) is 0 Å². The van der Waals surface area contributed by atoms with Crippen molar-refractivity contribution in [1.29, 1.82) is 0 Å². The van der Waals surface area contributed by atoms with E-state index >= 15 is 0 Å². The fourth-order valence-electron chi connectivity index (χ4n) is 2.44. The molecule has 0 heterocycles. The first-order chi connectivity index (χ1) is 14.9. The monoisotopic (exact) mass is 509 g/mol. The van der Waals surface area contributed by atoms with E-state index in [-0.39, 0.29) is 16.9 Å². The van der Waals surface area contributed by atoms with Crippen molar-refractivity contribution in [1.82, 2.24) is 10.6 Å². The van der Waals surface area contributed by atoms with Crippen LogP contribution in [0.4, 0.5) is 5.69 Å². The quantitative estimate of drug-likeness (QED) is 0.334. The van der Waals surface area contributed by atoms with Crippen molar-refractivity contribution >= 4 is 50.8 Å². The Morgan fingerprint density at radius 3 is 2.42 bits per heavy atom. The average Bonchev–Trinajstić information content (AvgIpc) is 2.75. The first-order valence-electron chi connectivity index (χ1n) is 9.35. The van der Waals surface area contributed by atoms with E-state index in [0.29, 0.717) is 53.4 Å². The Balaban J connectivity index is 1.93. The van der Waals surface area contributed by atoms with Crippen molar-refractivity contribution in [2.24, 2.45) is 0 Å². The topological polar surface area (TPSA) is 97.9 Å². The highest BCUT2D eigenvalue weighted by molar-refractivity contribution is 9.10. The molecule has 8 nitrogen and oxygen atoms in total. The van der Waals surface area contributed by atoms with Gasteiger partial charge in [-0.3, -0.25) is 14.9 Å². The highest BCUT2D eigenvalue weighted by Gasteiger charge is 2.12. The van der Waals surface area contributed by atoms with Crippen molar-refractivity contribution in [2.75, 3.05) is 45.9 Å². The summed E-state index contributed by atoms with van der Waals surface area (Å²) in [5.41, 5.74) is 1.44. The second-order valence-electron chi connectivity index (χ2n) is 6.22. The Kier molecular flexibility index (Phi) is 10.4. The number of carbonyl (C=O) groups excluding carboxylic acids is 2. The summed E-state index contributed by atoms with van der Waals surface area (Å²) in [6.07, 6.45) is 0. The summed E-state index contributed by atoms with van der Waals surface area (Å²) in [7, 11) is 3.16. The van der Waals surface area contributed by atoms with Crippen molar-refractivity contribution < 1.29 is 23.8 Å². The Morgan fingerprint density at radius 2 is 1.71 bits per heavy atom. The zero-order chi connectivity index (χ0) is 22.6. The molecule has 0 spiro atoms. The third kappa shape index (κ3) is 8.25. The van der Waals surface area contributed by atoms with Gasteiger partial charge >= 0.3 is 0 Å². The molecule has 166 valence electrons. The molecule has 31 heavy (non-hydrogen) atoms. The minimum atomic E-state index is -0.380. The molecular weight excluding hydrogens is 486 g/mol. The summed E-state index contributed by atoms with van der Waals surface area (Å²) in [6, 6.07) is 11.8. The Morgan fingerprint density at radius 1 is 0.968 bits per heavy atom. The molecule has 0 saturated carbocycles. The number of methoxy groups -OCH3 is 2. The summed E-state index contributed by atoms with van der Waals surface area (Å²) in [5, 5.41) is 8.38. The molecule has 0 aromatic heterocycles. The molecule has 0 saturated heterocycles. The van der Waals surface area contributed by atoms with Gasteiger partial charge in [0.1, 0.15) is 12.4 Å². The van der Waals surface area contributed by atoms with Crippen LogP contribution in [0.1, 0.15) is 20.7 Å². The van der Waals surface area contributed by atoms with Crippen LogP contribution in [0.5, 0.6) is 5.75 Å². The minimum Gasteiger partial charge on any atom is -0.490 e. The zero-order valence-corrected chi connectivity index (χ0v) is 19.6. The van der Waals surface area contributed by atoms with Gasteiger partial charge in [0.05, 0.1) is 17.7 Å². The van der Waals surface area contributed by atoms with Gasteiger partial charge in [0, 0.05) is 37.6 Å². The molecule has 0 atom stereocenters. The summed E-state index contributed by atoms with van der Waals surface area (Å²) in [4.78, 5) is 24.6. The molecule has 0 fully saturated rings. The molecule has 2 amide bonds. The lowest BCUT2D eigenvalue weighted by molar-refractivity contribution is 0.0935. The van der Waals surface area contributed by atoms with Crippen molar-refractivity contribution in [3.8, 4) is 5.75 Å². The smallest absolute Gasteiger partial charge is 0.257 e. The van der Waals surface area contributed by atoms with Crippen LogP contribution in [0.15, 0.2) is 46.9 Å². The van der Waals surface area contributed by atoms with E-state index in [9.17, 15) is 9.59 Å². The normalized spacial score (nSPS) is 10.3. The van der Waals surface area contributed by atoms with E-state index in [4.69, 9.17) is 26.4 Å². The molecule has 0 aliphatic carbocycles. The number of hydrogen-bond donors (Lipinski definition) is 3. The zero-order valence-electron chi connectivity index (χ0n) is 17.2. The third-order valence-corrected chi connectivity index (χ3v) is 4.76. The first kappa shape index (κ1) is 24.7. The SMILES string of the molecule is COCCNC(=O)c1cccc(NC(=S)NC(=O)c2ccc(OCCOC)c(Br)c2)c1. The summed E-state index contributed by atoms with van der Waals surface area (Å²) in [6.45, 7) is 1.70. The summed E-state index contributed by atoms with van der Waals surface area (Å²) in [5.74, 6) is -0.00157. The molecule has 10 heteroatoms. The second-order valence-corrected chi connectivity index (χ2v) is 7.49. The van der Waals surface area contributed by atoms with E-state index in [1.165, 1.54) is 0 Å². The molecule has 0 unspecified atom stereocenters. The largest absolute Gasteiger partial charge is 0.490 e. The maximum atomic E-state index is 12.5. The van der Waals surface area contributed by atoms with Crippen molar-refractivity contribution in [2.45, 2.75) is 0 Å². The van der Waals surface area contributed by atoms with Gasteiger partial charge in [-0.25, -0.2) is 0 Å². The van der Waals surface area contributed by atoms with Gasteiger partial charge in [-0.1, -0.05) is 6.07 Å². The van der Waals surface area contributed by atoms with Crippen LogP contribution >= 0.6 is 28.1 Å². The number of benzene rings is 2. The fraction of sp³-hybridized carbons (Fsp3) is 0.286. The summed E-state index contributed by atoms with van der Waals surface area (Å²) < 4.78 is 16.1. The number of ether oxygens (including phenoxy) is 3. The van der Waals surface area contributed by atoms with E-state index < -0.39 is 0 Å². The minimum absolute atomic E-state index is 0.110. The molecule has 0 radical (unpaired) electrons. The second kappa shape index (κ2) is 13.0. The standard InChI is InChI=1S/C21H24BrN3O5S/c1-28-9-8-23-19(26)14-4-3-5-16(12-14)24-21(31)25-20(27)15-6-7-18(17(22)13-15)30-11-10-29-2/h3-7,12-13H,8-11H2,1-2H3,(H,23,26)(H2,24,25,27,31). The number of nitrogens with one attached hydrogen (secondary N) is 3.